The predicted octanol–water partition coefficient (Wildman–Crippen LogP) is 4.78. The van der Waals surface area contributed by atoms with E-state index in [1.807, 2.05) is 7.05 Å². The van der Waals surface area contributed by atoms with Crippen LogP contribution >= 0.6 is 0 Å². The predicted molar refractivity (Wildman–Crippen MR) is 81.7 cm³/mol. The van der Waals surface area contributed by atoms with Gasteiger partial charge in [0.1, 0.15) is 11.3 Å². The summed E-state index contributed by atoms with van der Waals surface area (Å²) in [5.41, 5.74) is 3.64. The summed E-state index contributed by atoms with van der Waals surface area (Å²) in [6, 6.07) is 6.87. The van der Waals surface area contributed by atoms with E-state index in [0.29, 0.717) is 11.8 Å². The van der Waals surface area contributed by atoms with Gasteiger partial charge in [0.05, 0.1) is 6.04 Å². The average molecular weight is 259 g/mol. The van der Waals surface area contributed by atoms with Crippen molar-refractivity contribution in [3.63, 3.8) is 0 Å². The highest BCUT2D eigenvalue weighted by molar-refractivity contribution is 5.85. The fourth-order valence-electron chi connectivity index (χ4n) is 2.71. The molecule has 0 radical (unpaired) electrons. The van der Waals surface area contributed by atoms with E-state index in [1.54, 1.807) is 0 Å². The van der Waals surface area contributed by atoms with E-state index in [4.69, 9.17) is 4.42 Å². The molecule has 1 aromatic heterocycles. The van der Waals surface area contributed by atoms with E-state index in [-0.39, 0.29) is 6.04 Å². The second-order valence-corrected chi connectivity index (χ2v) is 6.03. The minimum atomic E-state index is 0.270. The van der Waals surface area contributed by atoms with Crippen molar-refractivity contribution in [3.8, 4) is 0 Å². The van der Waals surface area contributed by atoms with Gasteiger partial charge >= 0.3 is 0 Å². The molecule has 0 saturated heterocycles. The molecule has 0 aliphatic rings. The van der Waals surface area contributed by atoms with Gasteiger partial charge in [-0.25, -0.2) is 0 Å². The zero-order chi connectivity index (χ0) is 14.2. The molecule has 0 amide bonds. The second-order valence-electron chi connectivity index (χ2n) is 6.03. The Labute approximate surface area is 116 Å². The molecule has 0 spiro atoms. The Kier molecular flexibility index (Phi) is 4.00. The first-order valence-corrected chi connectivity index (χ1v) is 7.16. The number of rotatable bonds is 4. The Hall–Kier alpha value is -1.28. The van der Waals surface area contributed by atoms with Crippen molar-refractivity contribution in [2.45, 2.75) is 46.6 Å². The Morgan fingerprint density at radius 2 is 1.79 bits per heavy atom. The molecular weight excluding hydrogens is 234 g/mol. The number of furan rings is 1. The van der Waals surface area contributed by atoms with Crippen LogP contribution in [0.4, 0.5) is 0 Å². The molecular formula is C17H25NO. The molecule has 1 heterocycles. The third-order valence-electron chi connectivity index (χ3n) is 3.86. The summed E-state index contributed by atoms with van der Waals surface area (Å²) in [6.45, 7) is 11.0. The van der Waals surface area contributed by atoms with Crippen LogP contribution in [0.15, 0.2) is 22.6 Å². The highest BCUT2D eigenvalue weighted by Crippen LogP contribution is 2.34. The lowest BCUT2D eigenvalue weighted by molar-refractivity contribution is 0.370. The van der Waals surface area contributed by atoms with Crippen LogP contribution < -0.4 is 5.32 Å². The SMILES string of the molecule is CNC(c1cc2c(C)ccc(C(C)C)c2o1)C(C)C. The molecule has 0 fully saturated rings. The number of hydrogen-bond donors (Lipinski definition) is 1. The third-order valence-corrected chi connectivity index (χ3v) is 3.86. The van der Waals surface area contributed by atoms with E-state index in [2.05, 4.69) is 58.1 Å². The summed E-state index contributed by atoms with van der Waals surface area (Å²) >= 11 is 0. The molecule has 1 unspecified atom stereocenters. The van der Waals surface area contributed by atoms with Gasteiger partial charge in [-0.3, -0.25) is 0 Å². The van der Waals surface area contributed by atoms with Gasteiger partial charge in [0.15, 0.2) is 0 Å². The van der Waals surface area contributed by atoms with Crippen molar-refractivity contribution in [1.29, 1.82) is 0 Å². The number of aryl methyl sites for hydroxylation is 1. The smallest absolute Gasteiger partial charge is 0.138 e. The number of hydrogen-bond acceptors (Lipinski definition) is 2. The highest BCUT2D eigenvalue weighted by atomic mass is 16.3. The van der Waals surface area contributed by atoms with Crippen molar-refractivity contribution in [1.82, 2.24) is 5.32 Å². The quantitative estimate of drug-likeness (QED) is 0.854. The van der Waals surface area contributed by atoms with Crippen LogP contribution in [0.2, 0.25) is 0 Å². The van der Waals surface area contributed by atoms with Gasteiger partial charge in [-0.2, -0.15) is 0 Å². The topological polar surface area (TPSA) is 25.2 Å². The fourth-order valence-corrected chi connectivity index (χ4v) is 2.71. The zero-order valence-corrected chi connectivity index (χ0v) is 12.9. The third kappa shape index (κ3) is 2.55. The highest BCUT2D eigenvalue weighted by Gasteiger charge is 2.20. The first kappa shape index (κ1) is 14.1. The molecule has 2 aromatic rings. The zero-order valence-electron chi connectivity index (χ0n) is 12.9. The normalized spacial score (nSPS) is 13.7. The summed E-state index contributed by atoms with van der Waals surface area (Å²) in [4.78, 5) is 0. The molecule has 1 N–H and O–H groups in total. The van der Waals surface area contributed by atoms with Gasteiger partial charge in [-0.15, -0.1) is 0 Å². The number of nitrogens with one attached hydrogen (secondary N) is 1. The molecule has 104 valence electrons. The maximum atomic E-state index is 6.19. The Balaban J connectivity index is 2.61. The minimum Gasteiger partial charge on any atom is -0.459 e. The summed E-state index contributed by atoms with van der Waals surface area (Å²) in [5.74, 6) is 2.03. The van der Waals surface area contributed by atoms with Crippen molar-refractivity contribution in [2.24, 2.45) is 5.92 Å². The van der Waals surface area contributed by atoms with Crippen LogP contribution in [0.25, 0.3) is 11.0 Å². The van der Waals surface area contributed by atoms with E-state index in [1.165, 1.54) is 16.5 Å². The monoisotopic (exact) mass is 259 g/mol. The van der Waals surface area contributed by atoms with Crippen LogP contribution in [0.5, 0.6) is 0 Å². The summed E-state index contributed by atoms with van der Waals surface area (Å²) in [6.07, 6.45) is 0. The van der Waals surface area contributed by atoms with E-state index < -0.39 is 0 Å². The maximum Gasteiger partial charge on any atom is 0.138 e. The second kappa shape index (κ2) is 5.38. The molecule has 0 aliphatic heterocycles. The first-order valence-electron chi connectivity index (χ1n) is 7.16. The largest absolute Gasteiger partial charge is 0.459 e. The molecule has 0 saturated carbocycles. The Morgan fingerprint density at radius 3 is 2.32 bits per heavy atom. The fraction of sp³-hybridized carbons (Fsp3) is 0.529. The number of benzene rings is 1. The van der Waals surface area contributed by atoms with E-state index >= 15 is 0 Å². The summed E-state index contributed by atoms with van der Waals surface area (Å²) in [5, 5.41) is 4.61. The van der Waals surface area contributed by atoms with Crippen LogP contribution in [0.1, 0.15) is 56.5 Å². The standard InChI is InChI=1S/C17H25NO/c1-10(2)13-8-7-12(5)14-9-15(19-17(13)14)16(18-6)11(3)4/h7-11,16,18H,1-6H3. The Morgan fingerprint density at radius 1 is 1.11 bits per heavy atom. The van der Waals surface area contributed by atoms with Crippen LogP contribution in [0.3, 0.4) is 0 Å². The molecule has 0 bridgehead atoms. The van der Waals surface area contributed by atoms with Crippen molar-refractivity contribution >= 4 is 11.0 Å². The van der Waals surface area contributed by atoms with Gasteiger partial charge in [0.2, 0.25) is 0 Å². The molecule has 0 aliphatic carbocycles. The molecule has 1 atom stereocenters. The molecule has 2 rings (SSSR count). The lowest BCUT2D eigenvalue weighted by Gasteiger charge is -2.17. The van der Waals surface area contributed by atoms with Gasteiger partial charge in [-0.05, 0) is 43.0 Å². The maximum absolute atomic E-state index is 6.19. The Bertz CT molecular complexity index is 566. The van der Waals surface area contributed by atoms with Crippen molar-refractivity contribution in [2.75, 3.05) is 7.05 Å². The van der Waals surface area contributed by atoms with Crippen molar-refractivity contribution in [3.05, 3.63) is 35.1 Å². The van der Waals surface area contributed by atoms with Crippen LogP contribution in [0, 0.1) is 12.8 Å². The first-order chi connectivity index (χ1) is 8.95. The minimum absolute atomic E-state index is 0.270. The molecule has 2 nitrogen and oxygen atoms in total. The van der Waals surface area contributed by atoms with E-state index in [0.717, 1.165) is 11.3 Å². The molecule has 19 heavy (non-hydrogen) atoms. The lowest BCUT2D eigenvalue weighted by atomic mass is 9.98. The summed E-state index contributed by atoms with van der Waals surface area (Å²) < 4.78 is 6.19. The number of fused-ring (bicyclic) bond motifs is 1. The van der Waals surface area contributed by atoms with Gasteiger partial charge in [0.25, 0.3) is 0 Å². The lowest BCUT2D eigenvalue weighted by Crippen LogP contribution is -2.20. The molecule has 2 heteroatoms. The molecule has 1 aromatic carbocycles. The van der Waals surface area contributed by atoms with Crippen LogP contribution in [-0.4, -0.2) is 7.05 Å². The van der Waals surface area contributed by atoms with Crippen molar-refractivity contribution < 1.29 is 4.42 Å². The van der Waals surface area contributed by atoms with E-state index in [9.17, 15) is 0 Å². The van der Waals surface area contributed by atoms with Gasteiger partial charge in [-0.1, -0.05) is 39.8 Å². The van der Waals surface area contributed by atoms with Gasteiger partial charge in [0, 0.05) is 5.39 Å². The van der Waals surface area contributed by atoms with Crippen LogP contribution in [-0.2, 0) is 0 Å². The van der Waals surface area contributed by atoms with Gasteiger partial charge < -0.3 is 9.73 Å². The summed E-state index contributed by atoms with van der Waals surface area (Å²) in [7, 11) is 1.99. The average Bonchev–Trinajstić information content (AvgIpc) is 2.74.